The van der Waals surface area contributed by atoms with Crippen LogP contribution in [0.5, 0.6) is 5.75 Å². The van der Waals surface area contributed by atoms with Crippen molar-refractivity contribution in [2.24, 2.45) is 0 Å². The van der Waals surface area contributed by atoms with E-state index < -0.39 is 0 Å². The molecular weight excluding hydrogens is 351 g/mol. The molecule has 114 valence electrons. The summed E-state index contributed by atoms with van der Waals surface area (Å²) in [5.41, 5.74) is 1.17. The molecule has 21 heavy (non-hydrogen) atoms. The van der Waals surface area contributed by atoms with E-state index in [4.69, 9.17) is 27.9 Å². The number of benzene rings is 1. The summed E-state index contributed by atoms with van der Waals surface area (Å²) in [4.78, 5) is 12.4. The number of aliphatic hydroxyl groups is 1. The molecule has 2 rings (SSSR count). The van der Waals surface area contributed by atoms with Crippen molar-refractivity contribution >= 4 is 52.5 Å². The van der Waals surface area contributed by atoms with Crippen LogP contribution in [0, 0.1) is 0 Å². The maximum absolute atomic E-state index is 12.4. The fourth-order valence-electron chi connectivity index (χ4n) is 2.06. The quantitative estimate of drug-likeness (QED) is 0.630. The maximum atomic E-state index is 12.4. The van der Waals surface area contributed by atoms with Crippen molar-refractivity contribution in [1.29, 1.82) is 0 Å². The van der Waals surface area contributed by atoms with Crippen LogP contribution in [0.1, 0.15) is 15.9 Å². The lowest BCUT2D eigenvalue weighted by Crippen LogP contribution is -2.17. The molecule has 1 N–H and O–H groups in total. The molecule has 1 atom stereocenters. The first kappa shape index (κ1) is 17.0. The van der Waals surface area contributed by atoms with E-state index in [9.17, 15) is 9.90 Å². The van der Waals surface area contributed by atoms with Crippen LogP contribution in [-0.4, -0.2) is 36.1 Å². The number of aliphatic hydroxyl groups excluding tert-OH is 1. The second-order valence-corrected chi connectivity index (χ2v) is 7.11. The second kappa shape index (κ2) is 7.29. The molecule has 0 saturated carbocycles. The molecule has 0 bridgehead atoms. The summed E-state index contributed by atoms with van der Waals surface area (Å²) in [5.74, 6) is 0.284. The number of carbonyl (C=O) groups is 1. The average Bonchev–Trinajstić information content (AvgIpc) is 2.91. The highest BCUT2D eigenvalue weighted by molar-refractivity contribution is 8.21. The van der Waals surface area contributed by atoms with E-state index in [2.05, 4.69) is 0 Å². The van der Waals surface area contributed by atoms with Crippen LogP contribution < -0.4 is 4.74 Å². The van der Waals surface area contributed by atoms with Crippen molar-refractivity contribution < 1.29 is 14.6 Å². The Kier molecular flexibility index (Phi) is 5.91. The second-order valence-electron chi connectivity index (χ2n) is 4.40. The Morgan fingerprint density at radius 2 is 2.10 bits per heavy atom. The van der Waals surface area contributed by atoms with Gasteiger partial charge in [-0.1, -0.05) is 23.2 Å². The fraction of sp³-hybridized carbons (Fsp3) is 0.357. The van der Waals surface area contributed by atoms with Gasteiger partial charge in [0.05, 0.1) is 11.6 Å². The predicted molar refractivity (Wildman–Crippen MR) is 91.1 cm³/mol. The van der Waals surface area contributed by atoms with Crippen LogP contribution in [0.25, 0.3) is 0 Å². The molecule has 7 heteroatoms. The molecule has 3 nitrogen and oxygen atoms in total. The lowest BCUT2D eigenvalue weighted by molar-refractivity contribution is 0.104. The Hall–Kier alpha value is -0.330. The van der Waals surface area contributed by atoms with Gasteiger partial charge in [0, 0.05) is 27.9 Å². The molecule has 0 amide bonds. The third kappa shape index (κ3) is 3.54. The summed E-state index contributed by atoms with van der Waals surface area (Å²) in [5, 5.41) is 9.60. The zero-order valence-corrected chi connectivity index (χ0v) is 14.6. The molecule has 0 aliphatic carbocycles. The molecule has 0 radical (unpaired) electrons. The van der Waals surface area contributed by atoms with Crippen LogP contribution in [0.3, 0.4) is 0 Å². The number of hydrogen-bond acceptors (Lipinski definition) is 5. The van der Waals surface area contributed by atoms with Gasteiger partial charge in [-0.25, -0.2) is 0 Å². The molecule has 1 aromatic carbocycles. The van der Waals surface area contributed by atoms with Crippen LogP contribution in [0.15, 0.2) is 16.4 Å². The molecule has 0 saturated heterocycles. The monoisotopic (exact) mass is 364 g/mol. The fourth-order valence-corrected chi connectivity index (χ4v) is 3.68. The van der Waals surface area contributed by atoms with Crippen molar-refractivity contribution in [3.8, 4) is 5.75 Å². The van der Waals surface area contributed by atoms with Gasteiger partial charge >= 0.3 is 0 Å². The number of carbonyl (C=O) groups excluding carboxylic acids is 1. The van der Waals surface area contributed by atoms with Gasteiger partial charge in [0.2, 0.25) is 0 Å². The van der Waals surface area contributed by atoms with Crippen molar-refractivity contribution in [2.45, 2.75) is 12.5 Å². The summed E-state index contributed by atoms with van der Waals surface area (Å²) in [7, 11) is 0. The van der Waals surface area contributed by atoms with Gasteiger partial charge in [-0.15, -0.1) is 23.5 Å². The van der Waals surface area contributed by atoms with Crippen molar-refractivity contribution in [3.05, 3.63) is 37.6 Å². The van der Waals surface area contributed by atoms with Gasteiger partial charge in [0.15, 0.2) is 5.78 Å². The third-order valence-electron chi connectivity index (χ3n) is 3.09. The van der Waals surface area contributed by atoms with Crippen LogP contribution >= 0.6 is 46.7 Å². The predicted octanol–water partition coefficient (Wildman–Crippen LogP) is 4.04. The van der Waals surface area contributed by atoms with Crippen molar-refractivity contribution in [3.63, 3.8) is 0 Å². The Balaban J connectivity index is 2.41. The highest BCUT2D eigenvalue weighted by Crippen LogP contribution is 2.42. The number of rotatable bonds is 5. The lowest BCUT2D eigenvalue weighted by atomic mass is 10.0. The number of allylic oxidation sites excluding steroid dienone is 1. The third-order valence-corrected chi connectivity index (χ3v) is 5.98. The molecule has 0 spiro atoms. The first-order valence-electron chi connectivity index (χ1n) is 6.14. The normalized spacial score (nSPS) is 16.3. The van der Waals surface area contributed by atoms with E-state index in [0.717, 1.165) is 9.80 Å². The highest BCUT2D eigenvalue weighted by atomic mass is 35.5. The number of hydrogen-bond donors (Lipinski definition) is 1. The van der Waals surface area contributed by atoms with E-state index in [-0.39, 0.29) is 28.5 Å². The standard InChI is InChI=1S/C14H14Cl2O3S2/c1-20-11(21-2)5-10(18)9-4-7-3-8(6-17)19-14(7)13(16)12(9)15/h4-5,8,17H,3,6H2,1-2H3. The zero-order valence-electron chi connectivity index (χ0n) is 11.5. The van der Waals surface area contributed by atoms with E-state index in [1.54, 1.807) is 12.1 Å². The first-order valence-corrected chi connectivity index (χ1v) is 9.34. The Morgan fingerprint density at radius 1 is 1.43 bits per heavy atom. The molecular formula is C14H14Cl2O3S2. The van der Waals surface area contributed by atoms with E-state index in [1.807, 2.05) is 12.5 Å². The van der Waals surface area contributed by atoms with E-state index in [1.165, 1.54) is 23.5 Å². The van der Waals surface area contributed by atoms with E-state index >= 15 is 0 Å². The topological polar surface area (TPSA) is 46.5 Å². The lowest BCUT2D eigenvalue weighted by Gasteiger charge is -2.09. The summed E-state index contributed by atoms with van der Waals surface area (Å²) < 4.78 is 6.42. The smallest absolute Gasteiger partial charge is 0.189 e. The van der Waals surface area contributed by atoms with Gasteiger partial charge in [-0.2, -0.15) is 0 Å². The van der Waals surface area contributed by atoms with Gasteiger partial charge in [-0.05, 0) is 18.6 Å². The molecule has 0 aromatic heterocycles. The molecule has 1 unspecified atom stereocenters. The Morgan fingerprint density at radius 3 is 2.67 bits per heavy atom. The molecule has 1 aliphatic rings. The van der Waals surface area contributed by atoms with Crippen molar-refractivity contribution in [1.82, 2.24) is 0 Å². The van der Waals surface area contributed by atoms with Crippen LogP contribution in [-0.2, 0) is 6.42 Å². The number of ketones is 1. The zero-order chi connectivity index (χ0) is 15.6. The molecule has 1 aromatic rings. The maximum Gasteiger partial charge on any atom is 0.189 e. The minimum Gasteiger partial charge on any atom is -0.486 e. The van der Waals surface area contributed by atoms with Crippen LogP contribution in [0.4, 0.5) is 0 Å². The number of thioether (sulfide) groups is 2. The Labute approximate surface area is 142 Å². The van der Waals surface area contributed by atoms with Gasteiger partial charge in [-0.3, -0.25) is 4.79 Å². The molecule has 1 aliphatic heterocycles. The number of ether oxygens (including phenoxy) is 1. The Bertz CT molecular complexity index is 596. The summed E-state index contributed by atoms with van der Waals surface area (Å²) in [6, 6.07) is 1.70. The van der Waals surface area contributed by atoms with E-state index in [0.29, 0.717) is 17.7 Å². The van der Waals surface area contributed by atoms with Gasteiger partial charge < -0.3 is 9.84 Å². The molecule has 0 fully saturated rings. The summed E-state index contributed by atoms with van der Waals surface area (Å²) in [6.45, 7) is -0.102. The minimum absolute atomic E-state index is 0.102. The van der Waals surface area contributed by atoms with Gasteiger partial charge in [0.1, 0.15) is 16.9 Å². The minimum atomic E-state index is -0.331. The largest absolute Gasteiger partial charge is 0.486 e. The SMILES string of the molecule is CSC(=CC(=O)c1cc2c(c(Cl)c1Cl)OC(CO)C2)SC. The van der Waals surface area contributed by atoms with Gasteiger partial charge in [0.25, 0.3) is 0 Å². The summed E-state index contributed by atoms with van der Waals surface area (Å²) >= 11 is 15.4. The van der Waals surface area contributed by atoms with Crippen molar-refractivity contribution in [2.75, 3.05) is 19.1 Å². The summed E-state index contributed by atoms with van der Waals surface area (Å²) in [6.07, 6.45) is 5.56. The molecule has 1 heterocycles. The average molecular weight is 365 g/mol. The number of halogens is 2. The van der Waals surface area contributed by atoms with Crippen LogP contribution in [0.2, 0.25) is 10.0 Å². The highest BCUT2D eigenvalue weighted by Gasteiger charge is 2.28. The first-order chi connectivity index (χ1) is 10.0. The number of fused-ring (bicyclic) bond motifs is 1.